The lowest BCUT2D eigenvalue weighted by Gasteiger charge is -2.25. The molecule has 1 N–H and O–H groups in total. The van der Waals surface area contributed by atoms with Gasteiger partial charge in [0.05, 0.1) is 0 Å². The van der Waals surface area contributed by atoms with E-state index in [1.807, 2.05) is 39.1 Å². The highest BCUT2D eigenvalue weighted by Crippen LogP contribution is 2.23. The van der Waals surface area contributed by atoms with Gasteiger partial charge in [-0.05, 0) is 51.8 Å². The summed E-state index contributed by atoms with van der Waals surface area (Å²) in [4.78, 5) is 17.8. The second-order valence-corrected chi connectivity index (χ2v) is 6.49. The summed E-state index contributed by atoms with van der Waals surface area (Å²) in [6.07, 6.45) is 5.08. The average Bonchev–Trinajstić information content (AvgIpc) is 2.46. The highest BCUT2D eigenvalue weighted by molar-refractivity contribution is 5.85. The summed E-state index contributed by atoms with van der Waals surface area (Å²) in [6.45, 7) is 6.61. The lowest BCUT2D eigenvalue weighted by Crippen LogP contribution is -2.34. The van der Waals surface area contributed by atoms with Crippen molar-refractivity contribution in [1.82, 2.24) is 10.3 Å². The number of hydrogen-bond acceptors (Lipinski definition) is 4. The van der Waals surface area contributed by atoms with Crippen LogP contribution in [0.3, 0.4) is 0 Å². The standard InChI is InChI=1S/C16H25N3O2/c1-16(2,3)21-15(20)19(4)14-9-8-12(11-18-14)13-7-5-6-10-17-13/h8-9,11,13,17H,5-7,10H2,1-4H3/t13-/m1/s1. The molecule has 1 aromatic heterocycles. The maximum absolute atomic E-state index is 12.0. The third-order valence-corrected chi connectivity index (χ3v) is 3.49. The topological polar surface area (TPSA) is 54.5 Å². The van der Waals surface area contributed by atoms with E-state index in [0.717, 1.165) is 13.0 Å². The molecule has 21 heavy (non-hydrogen) atoms. The molecular formula is C16H25N3O2. The second kappa shape index (κ2) is 6.43. The zero-order valence-electron chi connectivity index (χ0n) is 13.3. The Kier molecular flexibility index (Phi) is 4.83. The molecule has 1 fully saturated rings. The van der Waals surface area contributed by atoms with E-state index in [2.05, 4.69) is 10.3 Å². The predicted molar refractivity (Wildman–Crippen MR) is 83.5 cm³/mol. The second-order valence-electron chi connectivity index (χ2n) is 6.49. The largest absolute Gasteiger partial charge is 0.443 e. The van der Waals surface area contributed by atoms with Crippen LogP contribution in [-0.4, -0.2) is 30.3 Å². The van der Waals surface area contributed by atoms with Crippen LogP contribution in [-0.2, 0) is 4.74 Å². The van der Waals surface area contributed by atoms with Gasteiger partial charge in [0.15, 0.2) is 0 Å². The molecule has 1 atom stereocenters. The zero-order chi connectivity index (χ0) is 15.5. The van der Waals surface area contributed by atoms with E-state index in [9.17, 15) is 4.79 Å². The Morgan fingerprint density at radius 3 is 2.67 bits per heavy atom. The van der Waals surface area contributed by atoms with Gasteiger partial charge in [-0.3, -0.25) is 4.90 Å². The Labute approximate surface area is 126 Å². The summed E-state index contributed by atoms with van der Waals surface area (Å²) in [6, 6.07) is 4.29. The molecule has 0 bridgehead atoms. The number of anilines is 1. The molecule has 0 saturated carbocycles. The number of nitrogens with zero attached hydrogens (tertiary/aromatic N) is 2. The number of pyridine rings is 1. The van der Waals surface area contributed by atoms with E-state index < -0.39 is 11.7 Å². The van der Waals surface area contributed by atoms with Gasteiger partial charge in [-0.1, -0.05) is 12.5 Å². The van der Waals surface area contributed by atoms with Crippen LogP contribution in [0.1, 0.15) is 51.6 Å². The molecule has 1 amide bonds. The molecule has 0 aliphatic carbocycles. The third-order valence-electron chi connectivity index (χ3n) is 3.49. The third kappa shape index (κ3) is 4.43. The molecule has 0 radical (unpaired) electrons. The van der Waals surface area contributed by atoms with Crippen molar-refractivity contribution in [3.05, 3.63) is 23.9 Å². The molecular weight excluding hydrogens is 266 g/mol. The Morgan fingerprint density at radius 2 is 2.14 bits per heavy atom. The van der Waals surface area contributed by atoms with E-state index >= 15 is 0 Å². The van der Waals surface area contributed by atoms with Gasteiger partial charge < -0.3 is 10.1 Å². The summed E-state index contributed by atoms with van der Waals surface area (Å²) in [5.41, 5.74) is 0.674. The fourth-order valence-corrected chi connectivity index (χ4v) is 2.36. The van der Waals surface area contributed by atoms with E-state index in [4.69, 9.17) is 4.74 Å². The Hall–Kier alpha value is -1.62. The lowest BCUT2D eigenvalue weighted by molar-refractivity contribution is 0.0588. The minimum atomic E-state index is -0.503. The van der Waals surface area contributed by atoms with Gasteiger partial charge in [-0.2, -0.15) is 0 Å². The summed E-state index contributed by atoms with van der Waals surface area (Å²) in [7, 11) is 1.68. The first-order chi connectivity index (χ1) is 9.87. The SMILES string of the molecule is CN(C(=O)OC(C)(C)C)c1ccc([C@H]2CCCCN2)cn1. The quantitative estimate of drug-likeness (QED) is 0.908. The number of nitrogens with one attached hydrogen (secondary N) is 1. The molecule has 0 unspecified atom stereocenters. The number of carbonyl (C=O) groups is 1. The first-order valence-corrected chi connectivity index (χ1v) is 7.53. The molecule has 5 heteroatoms. The van der Waals surface area contributed by atoms with Gasteiger partial charge in [0, 0.05) is 19.3 Å². The Morgan fingerprint density at radius 1 is 1.38 bits per heavy atom. The number of carbonyl (C=O) groups excluding carboxylic acids is 1. The van der Waals surface area contributed by atoms with Gasteiger partial charge in [0.1, 0.15) is 11.4 Å². The van der Waals surface area contributed by atoms with Crippen molar-refractivity contribution in [1.29, 1.82) is 0 Å². The molecule has 2 rings (SSSR count). The average molecular weight is 291 g/mol. The van der Waals surface area contributed by atoms with Crippen LogP contribution in [0, 0.1) is 0 Å². The van der Waals surface area contributed by atoms with Crippen molar-refractivity contribution in [2.24, 2.45) is 0 Å². The molecule has 0 aromatic carbocycles. The smallest absolute Gasteiger partial charge is 0.415 e. The van der Waals surface area contributed by atoms with Crippen molar-refractivity contribution >= 4 is 11.9 Å². The normalized spacial score (nSPS) is 19.1. The van der Waals surface area contributed by atoms with E-state index in [-0.39, 0.29) is 0 Å². The molecule has 1 aromatic rings. The summed E-state index contributed by atoms with van der Waals surface area (Å²) in [5.74, 6) is 0.601. The molecule has 1 aliphatic heterocycles. The van der Waals surface area contributed by atoms with E-state index in [0.29, 0.717) is 11.9 Å². The molecule has 116 valence electrons. The lowest BCUT2D eigenvalue weighted by atomic mass is 9.99. The minimum Gasteiger partial charge on any atom is -0.443 e. The van der Waals surface area contributed by atoms with Crippen molar-refractivity contribution in [2.45, 2.75) is 51.7 Å². The predicted octanol–water partition coefficient (Wildman–Crippen LogP) is 3.27. The van der Waals surface area contributed by atoms with Crippen LogP contribution in [0.4, 0.5) is 10.6 Å². The molecule has 5 nitrogen and oxygen atoms in total. The molecule has 2 heterocycles. The van der Waals surface area contributed by atoms with Crippen molar-refractivity contribution in [2.75, 3.05) is 18.5 Å². The molecule has 0 spiro atoms. The van der Waals surface area contributed by atoms with Gasteiger partial charge in [0.25, 0.3) is 0 Å². The Balaban J connectivity index is 2.02. The fraction of sp³-hybridized carbons (Fsp3) is 0.625. The van der Waals surface area contributed by atoms with Gasteiger partial charge in [-0.15, -0.1) is 0 Å². The van der Waals surface area contributed by atoms with Crippen LogP contribution in [0.15, 0.2) is 18.3 Å². The first kappa shape index (κ1) is 15.8. The highest BCUT2D eigenvalue weighted by Gasteiger charge is 2.21. The molecule has 1 saturated heterocycles. The van der Waals surface area contributed by atoms with Crippen molar-refractivity contribution in [3.8, 4) is 0 Å². The van der Waals surface area contributed by atoms with Crippen LogP contribution in [0.25, 0.3) is 0 Å². The van der Waals surface area contributed by atoms with Crippen LogP contribution < -0.4 is 10.2 Å². The van der Waals surface area contributed by atoms with Gasteiger partial charge in [-0.25, -0.2) is 9.78 Å². The van der Waals surface area contributed by atoms with E-state index in [1.54, 1.807) is 7.05 Å². The number of ether oxygens (including phenoxy) is 1. The van der Waals surface area contributed by atoms with Crippen molar-refractivity contribution in [3.63, 3.8) is 0 Å². The first-order valence-electron chi connectivity index (χ1n) is 7.53. The molecule has 1 aliphatic rings. The van der Waals surface area contributed by atoms with Gasteiger partial charge >= 0.3 is 6.09 Å². The number of hydrogen-bond donors (Lipinski definition) is 1. The van der Waals surface area contributed by atoms with Crippen LogP contribution >= 0.6 is 0 Å². The summed E-state index contributed by atoms with van der Waals surface area (Å²) < 4.78 is 5.34. The Bertz CT molecular complexity index is 473. The zero-order valence-corrected chi connectivity index (χ0v) is 13.3. The summed E-state index contributed by atoms with van der Waals surface area (Å²) >= 11 is 0. The fourth-order valence-electron chi connectivity index (χ4n) is 2.36. The number of rotatable bonds is 2. The maximum Gasteiger partial charge on any atom is 0.415 e. The monoisotopic (exact) mass is 291 g/mol. The number of aromatic nitrogens is 1. The minimum absolute atomic E-state index is 0.382. The van der Waals surface area contributed by atoms with Gasteiger partial charge in [0.2, 0.25) is 0 Å². The number of piperidine rings is 1. The maximum atomic E-state index is 12.0. The van der Waals surface area contributed by atoms with E-state index in [1.165, 1.54) is 23.3 Å². The van der Waals surface area contributed by atoms with Crippen LogP contribution in [0.2, 0.25) is 0 Å². The number of amides is 1. The van der Waals surface area contributed by atoms with Crippen LogP contribution in [0.5, 0.6) is 0 Å². The summed E-state index contributed by atoms with van der Waals surface area (Å²) in [5, 5.41) is 3.49. The van der Waals surface area contributed by atoms with Crippen molar-refractivity contribution < 1.29 is 9.53 Å². The highest BCUT2D eigenvalue weighted by atomic mass is 16.6.